The Balaban J connectivity index is 1.36. The Hall–Kier alpha value is -4.61. The number of hydrogen-bond donors (Lipinski definition) is 1. The van der Waals surface area contributed by atoms with Crippen LogP contribution < -0.4 is 4.74 Å². The lowest BCUT2D eigenvalue weighted by Crippen LogP contribution is -2.50. The Morgan fingerprint density at radius 2 is 1.27 bits per heavy atom. The molecule has 9 nitrogen and oxygen atoms in total. The van der Waals surface area contributed by atoms with Crippen LogP contribution in [0.1, 0.15) is 16.7 Å². The number of benzene rings is 3. The van der Waals surface area contributed by atoms with Crippen LogP contribution >= 0.6 is 23.5 Å². The van der Waals surface area contributed by atoms with E-state index < -0.39 is 42.2 Å². The van der Waals surface area contributed by atoms with Crippen LogP contribution in [0.2, 0.25) is 0 Å². The van der Waals surface area contributed by atoms with E-state index in [1.54, 1.807) is 24.3 Å². The van der Waals surface area contributed by atoms with Crippen molar-refractivity contribution in [3.63, 3.8) is 0 Å². The minimum absolute atomic E-state index is 0.143. The molecule has 2 aliphatic heterocycles. The second-order valence-electron chi connectivity index (χ2n) is 10.3. The zero-order valence-electron chi connectivity index (χ0n) is 23.9. The molecule has 0 bridgehead atoms. The highest BCUT2D eigenvalue weighted by Crippen LogP contribution is 2.35. The van der Waals surface area contributed by atoms with Crippen molar-refractivity contribution in [1.29, 1.82) is 0 Å². The maximum Gasteiger partial charge on any atom is 0.341 e. The lowest BCUT2D eigenvalue weighted by Gasteiger charge is -2.30. The second kappa shape index (κ2) is 13.4. The van der Waals surface area contributed by atoms with E-state index in [4.69, 9.17) is 9.84 Å². The number of thioether (sulfide) groups is 2. The predicted molar refractivity (Wildman–Crippen MR) is 166 cm³/mol. The van der Waals surface area contributed by atoms with E-state index in [0.29, 0.717) is 11.3 Å². The summed E-state index contributed by atoms with van der Waals surface area (Å²) in [5.74, 6) is -2.82. The summed E-state index contributed by atoms with van der Waals surface area (Å²) in [5, 5.41) is 8.87. The standard InChI is InChI=1S/C33H28N2O7S2/c1-20-3-11-25(12-4-20)43-27-16-29(36)34(32(27)40)18-23(15-22-7-9-24(10-8-22)42-19-31(38)39)35-30(37)17-28(33(35)41)44-26-13-5-21(2)6-14-26/h3-14,16-17,23H,15,18-19H2,1-2H3,(H,38,39). The minimum atomic E-state index is -1.11. The van der Waals surface area contributed by atoms with E-state index in [0.717, 1.165) is 30.7 Å². The molecule has 0 fully saturated rings. The summed E-state index contributed by atoms with van der Waals surface area (Å²) in [6.07, 6.45) is 2.71. The van der Waals surface area contributed by atoms with Gasteiger partial charge in [-0.25, -0.2) is 4.79 Å². The van der Waals surface area contributed by atoms with Crippen molar-refractivity contribution < 1.29 is 33.8 Å². The molecule has 2 heterocycles. The van der Waals surface area contributed by atoms with Crippen LogP contribution in [0.15, 0.2) is 105 Å². The molecule has 11 heteroatoms. The monoisotopic (exact) mass is 628 g/mol. The molecule has 44 heavy (non-hydrogen) atoms. The molecule has 3 aromatic rings. The van der Waals surface area contributed by atoms with Crippen molar-refractivity contribution in [2.45, 2.75) is 36.1 Å². The molecule has 1 atom stereocenters. The Morgan fingerprint density at radius 1 is 0.750 bits per heavy atom. The highest BCUT2D eigenvalue weighted by molar-refractivity contribution is 8.04. The van der Waals surface area contributed by atoms with Gasteiger partial charge in [0.05, 0.1) is 22.4 Å². The number of rotatable bonds is 12. The highest BCUT2D eigenvalue weighted by atomic mass is 32.2. The number of ether oxygens (including phenoxy) is 1. The molecular formula is C33H28N2O7S2. The molecule has 0 aliphatic carbocycles. The van der Waals surface area contributed by atoms with Crippen molar-refractivity contribution in [1.82, 2.24) is 9.80 Å². The molecule has 3 aromatic carbocycles. The molecular weight excluding hydrogens is 601 g/mol. The second-order valence-corrected chi connectivity index (χ2v) is 12.5. The summed E-state index contributed by atoms with van der Waals surface area (Å²) >= 11 is 2.36. The number of carboxylic acid groups (broad SMARTS) is 1. The van der Waals surface area contributed by atoms with Crippen LogP contribution in [0, 0.1) is 13.8 Å². The first-order valence-electron chi connectivity index (χ1n) is 13.7. The average Bonchev–Trinajstić information content (AvgIpc) is 3.42. The highest BCUT2D eigenvalue weighted by Gasteiger charge is 2.41. The quantitative estimate of drug-likeness (QED) is 0.283. The number of hydrogen-bond acceptors (Lipinski definition) is 8. The molecule has 5 rings (SSSR count). The number of carbonyl (C=O) groups excluding carboxylic acids is 4. The van der Waals surface area contributed by atoms with Crippen molar-refractivity contribution in [3.05, 3.63) is 111 Å². The van der Waals surface area contributed by atoms with Crippen molar-refractivity contribution >= 4 is 53.1 Å². The van der Waals surface area contributed by atoms with Gasteiger partial charge in [-0.2, -0.15) is 0 Å². The third-order valence-electron chi connectivity index (χ3n) is 6.91. The first-order chi connectivity index (χ1) is 21.1. The molecule has 2 aliphatic rings. The molecule has 0 aromatic heterocycles. The first-order valence-corrected chi connectivity index (χ1v) is 15.3. The van der Waals surface area contributed by atoms with E-state index in [9.17, 15) is 24.0 Å². The number of carboxylic acids is 1. The summed E-state index contributed by atoms with van der Waals surface area (Å²) in [6, 6.07) is 20.8. The summed E-state index contributed by atoms with van der Waals surface area (Å²) in [7, 11) is 0. The van der Waals surface area contributed by atoms with Gasteiger partial charge in [-0.05, 0) is 62.2 Å². The van der Waals surface area contributed by atoms with Crippen molar-refractivity contribution in [2.24, 2.45) is 0 Å². The average molecular weight is 629 g/mol. The first kappa shape index (κ1) is 30.8. The van der Waals surface area contributed by atoms with Gasteiger partial charge in [0.1, 0.15) is 5.75 Å². The molecule has 1 unspecified atom stereocenters. The Morgan fingerprint density at radius 3 is 1.82 bits per heavy atom. The number of aryl methyl sites for hydroxylation is 2. The maximum absolute atomic E-state index is 13.6. The maximum atomic E-state index is 13.6. The molecule has 4 amide bonds. The molecule has 1 N–H and O–H groups in total. The molecule has 0 saturated carbocycles. The normalized spacial score (nSPS) is 15.5. The fourth-order valence-electron chi connectivity index (χ4n) is 4.67. The smallest absolute Gasteiger partial charge is 0.341 e. The van der Waals surface area contributed by atoms with Crippen LogP contribution in [0.25, 0.3) is 0 Å². The SMILES string of the molecule is Cc1ccc(SC2=CC(=O)N(CC(Cc3ccc(OCC(=O)O)cc3)N3C(=O)C=C(Sc4ccc(C)cc4)C3=O)C2=O)cc1. The fourth-order valence-corrected chi connectivity index (χ4v) is 6.42. The van der Waals surface area contributed by atoms with Crippen LogP contribution in [0.4, 0.5) is 0 Å². The van der Waals surface area contributed by atoms with Gasteiger partial charge in [-0.3, -0.25) is 29.0 Å². The van der Waals surface area contributed by atoms with E-state index in [1.807, 2.05) is 62.4 Å². The Kier molecular flexibility index (Phi) is 9.36. The summed E-state index contributed by atoms with van der Waals surface area (Å²) in [4.78, 5) is 68.5. The molecule has 0 spiro atoms. The van der Waals surface area contributed by atoms with Gasteiger partial charge < -0.3 is 9.84 Å². The van der Waals surface area contributed by atoms with Gasteiger partial charge >= 0.3 is 5.97 Å². The third kappa shape index (κ3) is 7.29. The number of imide groups is 2. The third-order valence-corrected chi connectivity index (χ3v) is 8.95. The molecule has 224 valence electrons. The summed E-state index contributed by atoms with van der Waals surface area (Å²) < 4.78 is 5.21. The number of nitrogens with zero attached hydrogens (tertiary/aromatic N) is 2. The van der Waals surface area contributed by atoms with Crippen molar-refractivity contribution in [2.75, 3.05) is 13.2 Å². The number of carbonyl (C=O) groups is 5. The summed E-state index contributed by atoms with van der Waals surface area (Å²) in [5.41, 5.74) is 2.82. The summed E-state index contributed by atoms with van der Waals surface area (Å²) in [6.45, 7) is 3.21. The van der Waals surface area contributed by atoms with Gasteiger partial charge in [0.15, 0.2) is 6.61 Å². The zero-order chi connectivity index (χ0) is 31.4. The predicted octanol–water partition coefficient (Wildman–Crippen LogP) is 4.77. The van der Waals surface area contributed by atoms with Crippen LogP contribution in [0.5, 0.6) is 5.75 Å². The fraction of sp³-hybridized carbons (Fsp3) is 0.182. The Labute approximate surface area is 262 Å². The lowest BCUT2D eigenvalue weighted by molar-refractivity contribution is -0.145. The minimum Gasteiger partial charge on any atom is -0.482 e. The van der Waals surface area contributed by atoms with E-state index in [1.165, 1.54) is 35.7 Å². The topological polar surface area (TPSA) is 121 Å². The van der Waals surface area contributed by atoms with Gasteiger partial charge in [0.25, 0.3) is 23.6 Å². The van der Waals surface area contributed by atoms with Gasteiger partial charge in [0.2, 0.25) is 0 Å². The lowest BCUT2D eigenvalue weighted by atomic mass is 10.0. The van der Waals surface area contributed by atoms with E-state index in [-0.39, 0.29) is 22.8 Å². The largest absolute Gasteiger partial charge is 0.482 e. The number of aliphatic carboxylic acids is 1. The van der Waals surface area contributed by atoms with Crippen LogP contribution in [0.3, 0.4) is 0 Å². The van der Waals surface area contributed by atoms with Crippen LogP contribution in [-0.2, 0) is 30.4 Å². The van der Waals surface area contributed by atoms with Gasteiger partial charge in [-0.15, -0.1) is 0 Å². The van der Waals surface area contributed by atoms with Gasteiger partial charge in [0, 0.05) is 21.9 Å². The zero-order valence-corrected chi connectivity index (χ0v) is 25.5. The van der Waals surface area contributed by atoms with Crippen LogP contribution in [-0.4, -0.2) is 63.7 Å². The van der Waals surface area contributed by atoms with E-state index in [2.05, 4.69) is 0 Å². The van der Waals surface area contributed by atoms with Gasteiger partial charge in [-0.1, -0.05) is 71.0 Å². The Bertz CT molecular complexity index is 1680. The number of amides is 4. The van der Waals surface area contributed by atoms with Crippen molar-refractivity contribution in [3.8, 4) is 5.75 Å². The molecule has 0 radical (unpaired) electrons. The van der Waals surface area contributed by atoms with E-state index >= 15 is 0 Å². The molecule has 0 saturated heterocycles.